The Bertz CT molecular complexity index is 1600. The number of H-pyrrole nitrogens is 1. The standard InChI is InChI=1S/C37H44N4O/c1-42-28-12-10-21-41-27(15-16-28)24-37-25-40-20-9-5-3-2-4-6-11-26(36(37)41)23-31(32(37)18-22-40)34-35-30(17-19-38-34)29-13-7-8-14-33(29)39-35/h2,4,7-8,13-17,19,23-24,28,31-32,36,39H,3,5-6,9-12,18,20-22,25H2,1H3/b4-2-,16-15-/t28?,31-,32-,36+,37+/m1/s1. The van der Waals surface area contributed by atoms with Gasteiger partial charge in [-0.15, -0.1) is 0 Å². The van der Waals surface area contributed by atoms with Crippen LogP contribution in [0.2, 0.25) is 0 Å². The van der Waals surface area contributed by atoms with Crippen molar-refractivity contribution in [2.45, 2.75) is 69.4 Å². The van der Waals surface area contributed by atoms with Gasteiger partial charge in [-0.25, -0.2) is 0 Å². The van der Waals surface area contributed by atoms with E-state index in [1.807, 2.05) is 7.11 Å². The van der Waals surface area contributed by atoms with Gasteiger partial charge in [0.2, 0.25) is 0 Å². The summed E-state index contributed by atoms with van der Waals surface area (Å²) in [7, 11) is 1.85. The number of allylic oxidation sites excluding steroid dienone is 4. The van der Waals surface area contributed by atoms with Gasteiger partial charge in [-0.1, -0.05) is 48.6 Å². The van der Waals surface area contributed by atoms with Crippen molar-refractivity contribution >= 4 is 21.8 Å². The quantitative estimate of drug-likeness (QED) is 0.330. The molecule has 1 spiro atoms. The van der Waals surface area contributed by atoms with E-state index in [0.29, 0.717) is 17.9 Å². The predicted octanol–water partition coefficient (Wildman–Crippen LogP) is 7.50. The molecular weight excluding hydrogens is 516 g/mol. The summed E-state index contributed by atoms with van der Waals surface area (Å²) in [6.45, 7) is 4.64. The minimum absolute atomic E-state index is 0.0766. The molecule has 0 radical (unpaired) electrons. The lowest BCUT2D eigenvalue weighted by atomic mass is 9.56. The summed E-state index contributed by atoms with van der Waals surface area (Å²) >= 11 is 0. The molecule has 6 atom stereocenters. The van der Waals surface area contributed by atoms with Crippen molar-refractivity contribution in [3.8, 4) is 0 Å². The molecule has 4 aliphatic heterocycles. The van der Waals surface area contributed by atoms with Crippen molar-refractivity contribution < 1.29 is 4.74 Å². The van der Waals surface area contributed by atoms with E-state index in [1.54, 1.807) is 5.57 Å². The molecule has 42 heavy (non-hydrogen) atoms. The number of ether oxygens (including phenoxy) is 1. The van der Waals surface area contributed by atoms with E-state index in [-0.39, 0.29) is 11.5 Å². The molecular formula is C37H44N4O. The summed E-state index contributed by atoms with van der Waals surface area (Å²) in [5.74, 6) is 0.808. The number of methoxy groups -OCH3 is 1. The van der Waals surface area contributed by atoms with Gasteiger partial charge in [-0.05, 0) is 94.2 Å². The number of aromatic amines is 1. The molecule has 1 saturated heterocycles. The van der Waals surface area contributed by atoms with Gasteiger partial charge in [0.05, 0.1) is 23.4 Å². The van der Waals surface area contributed by atoms with E-state index in [9.17, 15) is 0 Å². The number of nitrogens with one attached hydrogen (secondary N) is 1. The van der Waals surface area contributed by atoms with Crippen LogP contribution in [0.15, 0.2) is 84.3 Å². The molecule has 5 aliphatic rings. The lowest BCUT2D eigenvalue weighted by Gasteiger charge is -2.55. The zero-order valence-electron chi connectivity index (χ0n) is 25.0. The highest BCUT2D eigenvalue weighted by atomic mass is 16.5. The summed E-state index contributed by atoms with van der Waals surface area (Å²) in [5.41, 5.74) is 6.80. The molecule has 6 heterocycles. The molecule has 1 aliphatic carbocycles. The first-order chi connectivity index (χ1) is 20.7. The molecule has 3 aromatic rings. The second-order valence-corrected chi connectivity index (χ2v) is 13.3. The minimum atomic E-state index is 0.0766. The lowest BCUT2D eigenvalue weighted by molar-refractivity contribution is 0.00919. The molecule has 1 aromatic carbocycles. The first-order valence-corrected chi connectivity index (χ1v) is 16.4. The van der Waals surface area contributed by atoms with Crippen molar-refractivity contribution in [1.82, 2.24) is 19.8 Å². The summed E-state index contributed by atoms with van der Waals surface area (Å²) in [6.07, 6.45) is 26.8. The lowest BCUT2D eigenvalue weighted by Crippen LogP contribution is -2.59. The number of benzene rings is 1. The summed E-state index contributed by atoms with van der Waals surface area (Å²) in [6, 6.07) is 11.4. The molecule has 1 fully saturated rings. The Morgan fingerprint density at radius 2 is 1.90 bits per heavy atom. The van der Waals surface area contributed by atoms with Gasteiger partial charge in [0.15, 0.2) is 0 Å². The molecule has 5 nitrogen and oxygen atoms in total. The Hall–Kier alpha value is -3.15. The van der Waals surface area contributed by atoms with Crippen LogP contribution in [-0.2, 0) is 4.74 Å². The highest BCUT2D eigenvalue weighted by Gasteiger charge is 2.58. The largest absolute Gasteiger partial charge is 0.377 e. The van der Waals surface area contributed by atoms with Gasteiger partial charge in [-0.2, -0.15) is 0 Å². The number of hydrogen-bond acceptors (Lipinski definition) is 4. The van der Waals surface area contributed by atoms with Crippen LogP contribution >= 0.6 is 0 Å². The maximum Gasteiger partial charge on any atom is 0.0756 e. The van der Waals surface area contributed by atoms with E-state index in [1.165, 1.54) is 72.0 Å². The van der Waals surface area contributed by atoms with Crippen LogP contribution in [0.1, 0.15) is 63.0 Å². The van der Waals surface area contributed by atoms with Gasteiger partial charge in [-0.3, -0.25) is 4.98 Å². The van der Waals surface area contributed by atoms with E-state index >= 15 is 0 Å². The maximum atomic E-state index is 5.81. The monoisotopic (exact) mass is 560 g/mol. The third-order valence-corrected chi connectivity index (χ3v) is 11.0. The SMILES string of the molecule is COC1/C=C\C2=C[C@]34CN5CCCC/C=C\CCC(=C[C@@H](c6nccc7c6[nH]c6ccccc67)[C@H]3CC5)[C@@H]4N2CCC1. The van der Waals surface area contributed by atoms with Crippen LogP contribution in [0.5, 0.6) is 0 Å². The third kappa shape index (κ3) is 4.31. The maximum absolute atomic E-state index is 5.81. The normalized spacial score (nSPS) is 34.7. The predicted molar refractivity (Wildman–Crippen MR) is 171 cm³/mol. The van der Waals surface area contributed by atoms with Gasteiger partial charge in [0.1, 0.15) is 0 Å². The fourth-order valence-electron chi connectivity index (χ4n) is 9.16. The van der Waals surface area contributed by atoms with E-state index in [4.69, 9.17) is 9.72 Å². The highest BCUT2D eigenvalue weighted by Crippen LogP contribution is 2.59. The second-order valence-electron chi connectivity index (χ2n) is 13.3. The van der Waals surface area contributed by atoms with Crippen LogP contribution in [0.25, 0.3) is 21.8 Å². The average Bonchev–Trinajstić information content (AvgIpc) is 3.52. The summed E-state index contributed by atoms with van der Waals surface area (Å²) in [4.78, 5) is 14.6. The Kier molecular flexibility index (Phi) is 6.83. The number of fused-ring (bicyclic) bond motifs is 5. The number of pyridine rings is 1. The second kappa shape index (κ2) is 10.8. The fourth-order valence-corrected chi connectivity index (χ4v) is 9.16. The number of aromatic nitrogens is 2. The average molecular weight is 561 g/mol. The molecule has 218 valence electrons. The molecule has 2 unspecified atom stereocenters. The molecule has 5 heteroatoms. The highest BCUT2D eigenvalue weighted by molar-refractivity contribution is 6.07. The van der Waals surface area contributed by atoms with E-state index in [2.05, 4.69) is 87.8 Å². The number of rotatable bonds is 2. The number of piperidine rings is 1. The van der Waals surface area contributed by atoms with Crippen LogP contribution < -0.4 is 0 Å². The van der Waals surface area contributed by atoms with Crippen molar-refractivity contribution in [2.24, 2.45) is 11.3 Å². The fraction of sp³-hybridized carbons (Fsp3) is 0.486. The third-order valence-electron chi connectivity index (χ3n) is 11.0. The Balaban J connectivity index is 1.32. The molecule has 2 aromatic heterocycles. The van der Waals surface area contributed by atoms with Crippen LogP contribution in [-0.4, -0.2) is 65.2 Å². The Morgan fingerprint density at radius 3 is 2.86 bits per heavy atom. The molecule has 0 amide bonds. The van der Waals surface area contributed by atoms with Crippen molar-refractivity contribution in [2.75, 3.05) is 33.3 Å². The van der Waals surface area contributed by atoms with Gasteiger partial charge in [0.25, 0.3) is 0 Å². The van der Waals surface area contributed by atoms with Gasteiger partial charge >= 0.3 is 0 Å². The first-order valence-electron chi connectivity index (χ1n) is 16.4. The Morgan fingerprint density at radius 1 is 0.976 bits per heavy atom. The van der Waals surface area contributed by atoms with Crippen LogP contribution in [0, 0.1) is 11.3 Å². The minimum Gasteiger partial charge on any atom is -0.377 e. The molecule has 0 saturated carbocycles. The smallest absolute Gasteiger partial charge is 0.0756 e. The topological polar surface area (TPSA) is 44.4 Å². The van der Waals surface area contributed by atoms with Crippen LogP contribution in [0.4, 0.5) is 0 Å². The summed E-state index contributed by atoms with van der Waals surface area (Å²) < 4.78 is 5.81. The zero-order valence-corrected chi connectivity index (χ0v) is 25.0. The van der Waals surface area contributed by atoms with Gasteiger partial charge in [0, 0.05) is 59.7 Å². The molecule has 1 N–H and O–H groups in total. The van der Waals surface area contributed by atoms with Crippen LogP contribution in [0.3, 0.4) is 0 Å². The number of nitrogens with zero attached hydrogens (tertiary/aromatic N) is 3. The van der Waals surface area contributed by atoms with Crippen molar-refractivity contribution in [1.29, 1.82) is 0 Å². The van der Waals surface area contributed by atoms with Gasteiger partial charge < -0.3 is 19.5 Å². The molecule has 8 rings (SSSR count). The number of hydrogen-bond donors (Lipinski definition) is 1. The number of para-hydroxylation sites is 1. The van der Waals surface area contributed by atoms with E-state index < -0.39 is 0 Å². The Labute approximate surface area is 250 Å². The molecule has 3 bridgehead atoms. The zero-order chi connectivity index (χ0) is 28.1. The van der Waals surface area contributed by atoms with Crippen molar-refractivity contribution in [3.05, 3.63) is 89.9 Å². The van der Waals surface area contributed by atoms with Crippen molar-refractivity contribution in [3.63, 3.8) is 0 Å². The first kappa shape index (κ1) is 26.5. The van der Waals surface area contributed by atoms with E-state index in [0.717, 1.165) is 38.8 Å². The summed E-state index contributed by atoms with van der Waals surface area (Å²) in [5, 5.41) is 2.60.